The Bertz CT molecular complexity index is 922. The van der Waals surface area contributed by atoms with Crippen LogP contribution >= 0.6 is 12.4 Å². The van der Waals surface area contributed by atoms with E-state index >= 15 is 0 Å². The van der Waals surface area contributed by atoms with Crippen LogP contribution in [0.5, 0.6) is 0 Å². The topological polar surface area (TPSA) is 48.7 Å². The van der Waals surface area contributed by atoms with Gasteiger partial charge in [0.25, 0.3) is 0 Å². The average Bonchev–Trinajstić information content (AvgIpc) is 2.51. The minimum atomic E-state index is -1.02. The zero-order valence-electron chi connectivity index (χ0n) is 11.5. The molecule has 0 atom stereocenters. The average molecular weight is 336 g/mol. The molecule has 3 nitrogen and oxygen atoms in total. The van der Waals surface area contributed by atoms with E-state index in [1.54, 1.807) is 0 Å². The molecular weight excluding hydrogens is 327 g/mol. The molecule has 7 heteroatoms. The third-order valence-electron chi connectivity index (χ3n) is 3.14. The first-order valence-electron chi connectivity index (χ1n) is 6.29. The Morgan fingerprint density at radius 2 is 1.78 bits per heavy atom. The van der Waals surface area contributed by atoms with Crippen LogP contribution in [0, 0.1) is 28.8 Å². The SMILES string of the molecule is Cl.N#Cc1cnc2ccc(F)cc2c1Nc1ccc(F)c(F)c1. The number of hydrogen-bond donors (Lipinski definition) is 1. The molecule has 0 aliphatic carbocycles. The van der Waals surface area contributed by atoms with E-state index in [0.29, 0.717) is 10.9 Å². The molecule has 0 spiro atoms. The Morgan fingerprint density at radius 3 is 2.48 bits per heavy atom. The number of nitrogens with one attached hydrogen (secondary N) is 1. The normalized spacial score (nSPS) is 10.0. The minimum absolute atomic E-state index is 0. The van der Waals surface area contributed by atoms with Crippen LogP contribution in [0.1, 0.15) is 5.56 Å². The van der Waals surface area contributed by atoms with Crippen molar-refractivity contribution in [3.63, 3.8) is 0 Å². The van der Waals surface area contributed by atoms with Gasteiger partial charge >= 0.3 is 0 Å². The van der Waals surface area contributed by atoms with Crippen molar-refractivity contribution in [1.29, 1.82) is 5.26 Å². The van der Waals surface area contributed by atoms with Gasteiger partial charge in [-0.15, -0.1) is 12.4 Å². The summed E-state index contributed by atoms with van der Waals surface area (Å²) >= 11 is 0. The lowest BCUT2D eigenvalue weighted by molar-refractivity contribution is 0.509. The third kappa shape index (κ3) is 3.20. The molecule has 0 aliphatic heterocycles. The lowest BCUT2D eigenvalue weighted by Gasteiger charge is -2.11. The highest BCUT2D eigenvalue weighted by molar-refractivity contribution is 5.95. The highest BCUT2D eigenvalue weighted by Crippen LogP contribution is 2.29. The second-order valence-electron chi connectivity index (χ2n) is 4.57. The van der Waals surface area contributed by atoms with Gasteiger partial charge < -0.3 is 5.32 Å². The minimum Gasteiger partial charge on any atom is -0.354 e. The van der Waals surface area contributed by atoms with E-state index in [2.05, 4.69) is 10.3 Å². The molecule has 0 radical (unpaired) electrons. The summed E-state index contributed by atoms with van der Waals surface area (Å²) in [6, 6.07) is 9.14. The Hall–Kier alpha value is -2.78. The van der Waals surface area contributed by atoms with Gasteiger partial charge in [-0.25, -0.2) is 13.2 Å². The lowest BCUT2D eigenvalue weighted by Crippen LogP contribution is -1.98. The molecule has 2 aromatic carbocycles. The van der Waals surface area contributed by atoms with Crippen molar-refractivity contribution >= 4 is 34.7 Å². The lowest BCUT2D eigenvalue weighted by atomic mass is 10.1. The van der Waals surface area contributed by atoms with Gasteiger partial charge in [-0.1, -0.05) is 0 Å². The summed E-state index contributed by atoms with van der Waals surface area (Å²) < 4.78 is 39.7. The number of fused-ring (bicyclic) bond motifs is 1. The van der Waals surface area contributed by atoms with Crippen molar-refractivity contribution in [3.8, 4) is 6.07 Å². The summed E-state index contributed by atoms with van der Waals surface area (Å²) in [5, 5.41) is 12.4. The number of pyridine rings is 1. The first-order chi connectivity index (χ1) is 10.6. The standard InChI is InChI=1S/C16H8F3N3.ClH/c17-10-1-4-15-12(5-10)16(9(7-20)8-21-15)22-11-2-3-13(18)14(19)6-11;/h1-6,8H,(H,21,22);1H. The van der Waals surface area contributed by atoms with E-state index in [4.69, 9.17) is 5.26 Å². The van der Waals surface area contributed by atoms with Gasteiger partial charge in [0, 0.05) is 23.3 Å². The maximum Gasteiger partial charge on any atom is 0.160 e. The summed E-state index contributed by atoms with van der Waals surface area (Å²) in [5.41, 5.74) is 1.18. The second-order valence-corrected chi connectivity index (χ2v) is 4.57. The van der Waals surface area contributed by atoms with Gasteiger partial charge in [-0.2, -0.15) is 5.26 Å². The maximum absolute atomic E-state index is 13.5. The van der Waals surface area contributed by atoms with Gasteiger partial charge in [-0.3, -0.25) is 4.98 Å². The fourth-order valence-corrected chi connectivity index (χ4v) is 2.10. The number of anilines is 2. The molecule has 0 aliphatic rings. The predicted octanol–water partition coefficient (Wildman–Crippen LogP) is 4.69. The Labute approximate surface area is 135 Å². The summed E-state index contributed by atoms with van der Waals surface area (Å²) in [6.45, 7) is 0. The summed E-state index contributed by atoms with van der Waals surface area (Å²) in [5.74, 6) is -2.48. The van der Waals surface area contributed by atoms with Crippen LogP contribution in [0.4, 0.5) is 24.5 Å². The van der Waals surface area contributed by atoms with Crippen molar-refractivity contribution in [2.24, 2.45) is 0 Å². The second kappa shape index (κ2) is 6.55. The van der Waals surface area contributed by atoms with Gasteiger partial charge in [0.15, 0.2) is 11.6 Å². The van der Waals surface area contributed by atoms with E-state index in [-0.39, 0.29) is 29.3 Å². The van der Waals surface area contributed by atoms with Gasteiger partial charge in [0.05, 0.1) is 16.8 Å². The van der Waals surface area contributed by atoms with Crippen LogP contribution in [-0.2, 0) is 0 Å². The van der Waals surface area contributed by atoms with Crippen LogP contribution in [0.25, 0.3) is 10.9 Å². The van der Waals surface area contributed by atoms with Crippen LogP contribution in [-0.4, -0.2) is 4.98 Å². The fourth-order valence-electron chi connectivity index (χ4n) is 2.10. The Balaban J connectivity index is 0.00000192. The molecular formula is C16H9ClF3N3. The van der Waals surface area contributed by atoms with Gasteiger partial charge in [0.1, 0.15) is 11.9 Å². The molecule has 3 aromatic rings. The van der Waals surface area contributed by atoms with Crippen molar-refractivity contribution in [2.45, 2.75) is 0 Å². The van der Waals surface area contributed by atoms with Crippen LogP contribution in [0.3, 0.4) is 0 Å². The fraction of sp³-hybridized carbons (Fsp3) is 0. The van der Waals surface area contributed by atoms with Crippen LogP contribution in [0.2, 0.25) is 0 Å². The van der Waals surface area contributed by atoms with E-state index in [0.717, 1.165) is 12.1 Å². The van der Waals surface area contributed by atoms with Crippen molar-refractivity contribution in [2.75, 3.05) is 5.32 Å². The highest BCUT2D eigenvalue weighted by atomic mass is 35.5. The zero-order valence-corrected chi connectivity index (χ0v) is 12.3. The van der Waals surface area contributed by atoms with Crippen LogP contribution < -0.4 is 5.32 Å². The summed E-state index contributed by atoms with van der Waals surface area (Å²) in [6.07, 6.45) is 1.34. The Morgan fingerprint density at radius 1 is 1.00 bits per heavy atom. The molecule has 116 valence electrons. The maximum atomic E-state index is 13.5. The number of aromatic nitrogens is 1. The first-order valence-corrected chi connectivity index (χ1v) is 6.29. The molecule has 0 amide bonds. The quantitative estimate of drug-likeness (QED) is 0.739. The monoisotopic (exact) mass is 335 g/mol. The number of nitrogens with zero attached hydrogens (tertiary/aromatic N) is 2. The molecule has 3 rings (SSSR count). The summed E-state index contributed by atoms with van der Waals surface area (Å²) in [7, 11) is 0. The number of nitriles is 1. The largest absolute Gasteiger partial charge is 0.354 e. The van der Waals surface area contributed by atoms with Gasteiger partial charge in [-0.05, 0) is 30.3 Å². The summed E-state index contributed by atoms with van der Waals surface area (Å²) in [4.78, 5) is 4.06. The molecule has 1 N–H and O–H groups in total. The van der Waals surface area contributed by atoms with Gasteiger partial charge in [0.2, 0.25) is 0 Å². The molecule has 23 heavy (non-hydrogen) atoms. The molecule has 0 bridgehead atoms. The van der Waals surface area contributed by atoms with E-state index in [1.807, 2.05) is 6.07 Å². The molecule has 1 aromatic heterocycles. The smallest absolute Gasteiger partial charge is 0.160 e. The first kappa shape index (κ1) is 16.6. The van der Waals surface area contributed by atoms with Crippen molar-refractivity contribution in [3.05, 3.63) is 65.6 Å². The molecule has 0 saturated carbocycles. The zero-order chi connectivity index (χ0) is 15.7. The molecule has 0 unspecified atom stereocenters. The van der Waals surface area contributed by atoms with Crippen molar-refractivity contribution < 1.29 is 13.2 Å². The number of benzene rings is 2. The number of rotatable bonds is 2. The molecule has 1 heterocycles. The molecule has 0 saturated heterocycles. The van der Waals surface area contributed by atoms with E-state index in [9.17, 15) is 13.2 Å². The number of hydrogen-bond acceptors (Lipinski definition) is 3. The van der Waals surface area contributed by atoms with E-state index < -0.39 is 17.5 Å². The van der Waals surface area contributed by atoms with Crippen molar-refractivity contribution in [1.82, 2.24) is 4.98 Å². The number of halogens is 4. The third-order valence-corrected chi connectivity index (χ3v) is 3.14. The predicted molar refractivity (Wildman–Crippen MR) is 83.3 cm³/mol. The highest BCUT2D eigenvalue weighted by Gasteiger charge is 2.11. The van der Waals surface area contributed by atoms with Crippen LogP contribution in [0.15, 0.2) is 42.6 Å². The van der Waals surface area contributed by atoms with E-state index in [1.165, 1.54) is 30.5 Å². The Kier molecular flexibility index (Phi) is 4.72. The molecule has 0 fully saturated rings.